The van der Waals surface area contributed by atoms with Crippen LogP contribution >= 0.6 is 0 Å². The van der Waals surface area contributed by atoms with E-state index >= 15 is 0 Å². The van der Waals surface area contributed by atoms with E-state index in [0.717, 1.165) is 12.8 Å². The maximum Gasteiger partial charge on any atom is 0.255 e. The van der Waals surface area contributed by atoms with Gasteiger partial charge in [-0.05, 0) is 25.0 Å². The van der Waals surface area contributed by atoms with Crippen molar-refractivity contribution in [2.24, 2.45) is 5.73 Å². The van der Waals surface area contributed by atoms with Gasteiger partial charge in [0.2, 0.25) is 5.91 Å². The molecule has 0 heterocycles. The molecule has 1 fully saturated rings. The molecular weight excluding hydrogens is 266 g/mol. The summed E-state index contributed by atoms with van der Waals surface area (Å²) in [6.07, 6.45) is 2.06. The van der Waals surface area contributed by atoms with E-state index in [4.69, 9.17) is 5.73 Å². The molecule has 2 amide bonds. The number of benzene rings is 1. The zero-order valence-corrected chi connectivity index (χ0v) is 12.1. The summed E-state index contributed by atoms with van der Waals surface area (Å²) in [6, 6.07) is 7.37. The van der Waals surface area contributed by atoms with Crippen LogP contribution in [0.1, 0.15) is 28.8 Å². The van der Waals surface area contributed by atoms with Crippen molar-refractivity contribution in [3.8, 4) is 11.8 Å². The molecule has 1 aliphatic rings. The summed E-state index contributed by atoms with van der Waals surface area (Å²) in [5, 5.41) is 2.86. The Hall–Kier alpha value is -2.32. The lowest BCUT2D eigenvalue weighted by molar-refractivity contribution is -0.121. The van der Waals surface area contributed by atoms with E-state index in [2.05, 4.69) is 17.2 Å². The first-order valence-electron chi connectivity index (χ1n) is 6.94. The Morgan fingerprint density at radius 3 is 2.76 bits per heavy atom. The van der Waals surface area contributed by atoms with Crippen molar-refractivity contribution >= 4 is 11.8 Å². The third kappa shape index (κ3) is 4.33. The first-order valence-corrected chi connectivity index (χ1v) is 6.94. The maximum atomic E-state index is 12.4. The summed E-state index contributed by atoms with van der Waals surface area (Å²) in [5.74, 6) is 5.28. The number of nitrogens with one attached hydrogen (secondary N) is 1. The van der Waals surface area contributed by atoms with E-state index < -0.39 is 0 Å². The van der Waals surface area contributed by atoms with Crippen LogP contribution < -0.4 is 11.1 Å². The molecular formula is C16H19N3O2. The smallest absolute Gasteiger partial charge is 0.255 e. The molecule has 5 nitrogen and oxygen atoms in total. The average Bonchev–Trinajstić information content (AvgIpc) is 3.28. The molecule has 3 N–H and O–H groups in total. The fourth-order valence-corrected chi connectivity index (χ4v) is 1.92. The molecule has 1 aliphatic carbocycles. The summed E-state index contributed by atoms with van der Waals surface area (Å²) >= 11 is 0. The third-order valence-electron chi connectivity index (χ3n) is 3.15. The van der Waals surface area contributed by atoms with Crippen LogP contribution in [0.3, 0.4) is 0 Å². The SMILES string of the molecule is CN(CC(=O)NC1CC1)C(=O)c1ccccc1C#CCN. The van der Waals surface area contributed by atoms with Crippen LogP contribution in [0.2, 0.25) is 0 Å². The van der Waals surface area contributed by atoms with Crippen LogP contribution in [0.15, 0.2) is 24.3 Å². The van der Waals surface area contributed by atoms with E-state index in [1.165, 1.54) is 4.90 Å². The average molecular weight is 285 g/mol. The van der Waals surface area contributed by atoms with Gasteiger partial charge in [-0.15, -0.1) is 0 Å². The Morgan fingerprint density at radius 1 is 1.38 bits per heavy atom. The van der Waals surface area contributed by atoms with Gasteiger partial charge in [0, 0.05) is 18.7 Å². The van der Waals surface area contributed by atoms with Gasteiger partial charge >= 0.3 is 0 Å². The highest BCUT2D eigenvalue weighted by atomic mass is 16.2. The second kappa shape index (κ2) is 6.91. The van der Waals surface area contributed by atoms with Crippen molar-refractivity contribution in [3.63, 3.8) is 0 Å². The highest BCUT2D eigenvalue weighted by molar-refractivity contribution is 5.98. The van der Waals surface area contributed by atoms with Gasteiger partial charge < -0.3 is 16.0 Å². The molecule has 5 heteroatoms. The third-order valence-corrected chi connectivity index (χ3v) is 3.15. The van der Waals surface area contributed by atoms with E-state index in [1.54, 1.807) is 25.2 Å². The molecule has 0 radical (unpaired) electrons. The van der Waals surface area contributed by atoms with Crippen molar-refractivity contribution in [2.45, 2.75) is 18.9 Å². The topological polar surface area (TPSA) is 75.4 Å². The van der Waals surface area contributed by atoms with Gasteiger partial charge in [0.15, 0.2) is 0 Å². The van der Waals surface area contributed by atoms with Crippen molar-refractivity contribution in [1.82, 2.24) is 10.2 Å². The van der Waals surface area contributed by atoms with Crippen LogP contribution in [0.5, 0.6) is 0 Å². The standard InChI is InChI=1S/C16H19N3O2/c1-19(11-15(20)18-13-8-9-13)16(21)14-7-3-2-5-12(14)6-4-10-17/h2-3,5,7,13H,8-11,17H2,1H3,(H,18,20). The predicted molar refractivity (Wildman–Crippen MR) is 80.5 cm³/mol. The Labute approximate surface area is 124 Å². The molecule has 0 aromatic heterocycles. The first-order chi connectivity index (χ1) is 10.1. The fourth-order valence-electron chi connectivity index (χ4n) is 1.92. The number of carbonyl (C=O) groups is 2. The number of amides is 2. The Morgan fingerprint density at radius 2 is 2.10 bits per heavy atom. The summed E-state index contributed by atoms with van der Waals surface area (Å²) < 4.78 is 0. The molecule has 21 heavy (non-hydrogen) atoms. The molecule has 110 valence electrons. The normalized spacial score (nSPS) is 13.0. The van der Waals surface area contributed by atoms with Crippen LogP contribution in [0, 0.1) is 11.8 Å². The number of nitrogens with zero attached hydrogens (tertiary/aromatic N) is 1. The minimum Gasteiger partial charge on any atom is -0.352 e. The molecule has 0 bridgehead atoms. The Balaban J connectivity index is 2.05. The fraction of sp³-hybridized carbons (Fsp3) is 0.375. The largest absolute Gasteiger partial charge is 0.352 e. The van der Waals surface area contributed by atoms with Crippen LogP contribution in [0.4, 0.5) is 0 Å². The summed E-state index contributed by atoms with van der Waals surface area (Å²) in [4.78, 5) is 25.6. The lowest BCUT2D eigenvalue weighted by atomic mass is 10.1. The number of rotatable bonds is 4. The van der Waals surface area contributed by atoms with Gasteiger partial charge in [-0.2, -0.15) is 0 Å². The van der Waals surface area contributed by atoms with E-state index in [0.29, 0.717) is 17.2 Å². The van der Waals surface area contributed by atoms with Crippen LogP contribution in [0.25, 0.3) is 0 Å². The molecule has 0 saturated heterocycles. The van der Waals surface area contributed by atoms with Gasteiger partial charge in [0.1, 0.15) is 0 Å². The number of carbonyl (C=O) groups excluding carboxylic acids is 2. The highest BCUT2D eigenvalue weighted by Crippen LogP contribution is 2.18. The second-order valence-electron chi connectivity index (χ2n) is 5.05. The maximum absolute atomic E-state index is 12.4. The first kappa shape index (κ1) is 15.1. The number of hydrogen-bond donors (Lipinski definition) is 2. The zero-order chi connectivity index (χ0) is 15.2. The zero-order valence-electron chi connectivity index (χ0n) is 12.1. The minimum absolute atomic E-state index is 0.0496. The molecule has 1 saturated carbocycles. The van der Waals surface area contributed by atoms with Gasteiger partial charge in [0.25, 0.3) is 5.91 Å². The number of nitrogens with two attached hydrogens (primary N) is 1. The van der Waals surface area contributed by atoms with E-state index in [1.807, 2.05) is 6.07 Å². The molecule has 0 unspecified atom stereocenters. The Kier molecular flexibility index (Phi) is 4.96. The van der Waals surface area contributed by atoms with E-state index in [9.17, 15) is 9.59 Å². The van der Waals surface area contributed by atoms with Crippen LogP contribution in [-0.2, 0) is 4.79 Å². The quantitative estimate of drug-likeness (QED) is 0.784. The van der Waals surface area contributed by atoms with Gasteiger partial charge in [-0.25, -0.2) is 0 Å². The molecule has 2 rings (SSSR count). The highest BCUT2D eigenvalue weighted by Gasteiger charge is 2.24. The Bertz CT molecular complexity index is 597. The van der Waals surface area contributed by atoms with Gasteiger partial charge in [0.05, 0.1) is 18.7 Å². The minimum atomic E-state index is -0.220. The molecule has 1 aromatic rings. The van der Waals surface area contributed by atoms with Gasteiger partial charge in [-0.3, -0.25) is 9.59 Å². The lowest BCUT2D eigenvalue weighted by Crippen LogP contribution is -2.39. The molecule has 1 aromatic carbocycles. The summed E-state index contributed by atoms with van der Waals surface area (Å²) in [6.45, 7) is 0.288. The number of hydrogen-bond acceptors (Lipinski definition) is 3. The lowest BCUT2D eigenvalue weighted by Gasteiger charge is -2.17. The van der Waals surface area contributed by atoms with Crippen molar-refractivity contribution in [1.29, 1.82) is 0 Å². The second-order valence-corrected chi connectivity index (χ2v) is 5.05. The van der Waals surface area contributed by atoms with Crippen molar-refractivity contribution in [2.75, 3.05) is 20.1 Å². The molecule has 0 atom stereocenters. The number of likely N-dealkylation sites (N-methyl/N-ethyl adjacent to an activating group) is 1. The molecule has 0 aliphatic heterocycles. The van der Waals surface area contributed by atoms with Crippen molar-refractivity contribution < 1.29 is 9.59 Å². The van der Waals surface area contributed by atoms with Crippen molar-refractivity contribution in [3.05, 3.63) is 35.4 Å². The predicted octanol–water partition coefficient (Wildman–Crippen LogP) is 0.347. The monoisotopic (exact) mass is 285 g/mol. The van der Waals surface area contributed by atoms with Crippen LogP contribution in [-0.4, -0.2) is 42.9 Å². The van der Waals surface area contributed by atoms with Gasteiger partial charge in [-0.1, -0.05) is 24.0 Å². The molecule has 0 spiro atoms. The summed E-state index contributed by atoms with van der Waals surface area (Å²) in [7, 11) is 1.61. The summed E-state index contributed by atoms with van der Waals surface area (Å²) in [5.41, 5.74) is 6.47. The van der Waals surface area contributed by atoms with E-state index in [-0.39, 0.29) is 24.9 Å².